The summed E-state index contributed by atoms with van der Waals surface area (Å²) in [4.78, 5) is 24.7. The van der Waals surface area contributed by atoms with Crippen molar-refractivity contribution in [2.45, 2.75) is 18.2 Å². The Morgan fingerprint density at radius 2 is 1.81 bits per heavy atom. The Balaban J connectivity index is 1.56. The molecule has 0 spiro atoms. The number of amides is 2. The van der Waals surface area contributed by atoms with Crippen molar-refractivity contribution < 1.29 is 19.1 Å². The van der Waals surface area contributed by atoms with Gasteiger partial charge in [-0.25, -0.2) is 0 Å². The number of benzene rings is 2. The van der Waals surface area contributed by atoms with Gasteiger partial charge in [-0.1, -0.05) is 29.2 Å². The monoisotopic (exact) mass is 458 g/mol. The Labute approximate surface area is 188 Å². The van der Waals surface area contributed by atoms with E-state index in [9.17, 15) is 9.59 Å². The quantitative estimate of drug-likeness (QED) is 0.386. The Morgan fingerprint density at radius 1 is 1.00 bits per heavy atom. The van der Waals surface area contributed by atoms with Gasteiger partial charge in [0.2, 0.25) is 11.0 Å². The molecule has 0 aliphatic carbocycles. The number of hydrogen-bond acceptors (Lipinski definition) is 8. The number of ether oxygens (including phenoxy) is 2. The first-order valence-corrected chi connectivity index (χ1v) is 11.1. The summed E-state index contributed by atoms with van der Waals surface area (Å²) in [6.45, 7) is 3.95. The van der Waals surface area contributed by atoms with Crippen molar-refractivity contribution in [2.75, 3.05) is 30.6 Å². The Hall–Kier alpha value is -3.11. The van der Waals surface area contributed by atoms with Crippen LogP contribution in [0.25, 0.3) is 0 Å². The van der Waals surface area contributed by atoms with Gasteiger partial charge in [0, 0.05) is 11.6 Å². The Kier molecular flexibility index (Phi) is 7.48. The summed E-state index contributed by atoms with van der Waals surface area (Å²) in [6.07, 6.45) is 0. The van der Waals surface area contributed by atoms with Gasteiger partial charge in [0.05, 0.1) is 25.7 Å². The minimum absolute atomic E-state index is 0.125. The van der Waals surface area contributed by atoms with Gasteiger partial charge >= 0.3 is 0 Å². The van der Waals surface area contributed by atoms with Crippen LogP contribution in [-0.4, -0.2) is 42.0 Å². The lowest BCUT2D eigenvalue weighted by molar-refractivity contribution is -0.113. The first-order valence-electron chi connectivity index (χ1n) is 9.26. The van der Waals surface area contributed by atoms with Crippen LogP contribution in [0.1, 0.15) is 21.5 Å². The molecule has 0 radical (unpaired) electrons. The molecule has 0 aliphatic rings. The van der Waals surface area contributed by atoms with Gasteiger partial charge in [0.15, 0.2) is 4.34 Å². The summed E-state index contributed by atoms with van der Waals surface area (Å²) in [5.41, 5.74) is 3.24. The van der Waals surface area contributed by atoms with Crippen LogP contribution in [0.5, 0.6) is 11.5 Å². The highest BCUT2D eigenvalue weighted by molar-refractivity contribution is 8.01. The van der Waals surface area contributed by atoms with Gasteiger partial charge < -0.3 is 14.8 Å². The topological polar surface area (TPSA) is 102 Å². The number of thioether (sulfide) groups is 1. The average molecular weight is 459 g/mol. The predicted molar refractivity (Wildman–Crippen MR) is 123 cm³/mol. The third-order valence-electron chi connectivity index (χ3n) is 4.40. The molecule has 1 heterocycles. The van der Waals surface area contributed by atoms with Crippen LogP contribution in [0.2, 0.25) is 0 Å². The van der Waals surface area contributed by atoms with Gasteiger partial charge in [-0.15, -0.1) is 10.2 Å². The summed E-state index contributed by atoms with van der Waals surface area (Å²) in [5.74, 6) is 0.787. The second kappa shape index (κ2) is 10.3. The van der Waals surface area contributed by atoms with E-state index in [1.165, 1.54) is 30.2 Å². The molecule has 2 amide bonds. The van der Waals surface area contributed by atoms with Gasteiger partial charge in [0.1, 0.15) is 11.5 Å². The molecule has 2 aromatic carbocycles. The molecule has 10 heteroatoms. The summed E-state index contributed by atoms with van der Waals surface area (Å²) in [7, 11) is 3.08. The molecule has 31 heavy (non-hydrogen) atoms. The maximum atomic E-state index is 12.4. The molecule has 0 atom stereocenters. The fourth-order valence-corrected chi connectivity index (χ4v) is 4.14. The van der Waals surface area contributed by atoms with Crippen LogP contribution >= 0.6 is 23.1 Å². The molecule has 8 nitrogen and oxygen atoms in total. The lowest BCUT2D eigenvalue weighted by Gasteiger charge is -2.11. The molecule has 3 aromatic rings. The molecule has 0 saturated carbocycles. The van der Waals surface area contributed by atoms with E-state index in [2.05, 4.69) is 20.8 Å². The molecule has 0 saturated heterocycles. The van der Waals surface area contributed by atoms with Crippen LogP contribution < -0.4 is 20.1 Å². The van der Waals surface area contributed by atoms with E-state index in [1.54, 1.807) is 31.4 Å². The third kappa shape index (κ3) is 5.96. The Bertz CT molecular complexity index is 1100. The molecule has 162 valence electrons. The van der Waals surface area contributed by atoms with E-state index < -0.39 is 0 Å². The van der Waals surface area contributed by atoms with Crippen molar-refractivity contribution >= 4 is 45.7 Å². The highest BCUT2D eigenvalue weighted by atomic mass is 32.2. The number of anilines is 2. The standard InChI is InChI=1S/C21H22N4O4S2/c1-12-5-6-14(9-13(12)2)19(27)23-20-24-25-21(31-20)30-11-18(26)22-16-10-15(28-3)7-8-17(16)29-4/h5-10H,11H2,1-4H3,(H,22,26)(H,23,24,27). The van der Waals surface area contributed by atoms with E-state index in [0.717, 1.165) is 11.1 Å². The van der Waals surface area contributed by atoms with Gasteiger partial charge in [0.25, 0.3) is 5.91 Å². The number of nitrogens with one attached hydrogen (secondary N) is 2. The lowest BCUT2D eigenvalue weighted by Crippen LogP contribution is -2.14. The normalized spacial score (nSPS) is 10.5. The van der Waals surface area contributed by atoms with Crippen molar-refractivity contribution in [3.8, 4) is 11.5 Å². The molecule has 0 aliphatic heterocycles. The fourth-order valence-electron chi connectivity index (χ4n) is 2.60. The largest absolute Gasteiger partial charge is 0.497 e. The van der Waals surface area contributed by atoms with Crippen LogP contribution in [0.3, 0.4) is 0 Å². The second-order valence-corrected chi connectivity index (χ2v) is 8.73. The SMILES string of the molecule is COc1ccc(OC)c(NC(=O)CSc2nnc(NC(=O)c3ccc(C)c(C)c3)s2)c1. The van der Waals surface area contributed by atoms with E-state index in [0.29, 0.717) is 32.2 Å². The van der Waals surface area contributed by atoms with Crippen molar-refractivity contribution in [3.63, 3.8) is 0 Å². The smallest absolute Gasteiger partial charge is 0.257 e. The van der Waals surface area contributed by atoms with Crippen molar-refractivity contribution in [1.82, 2.24) is 10.2 Å². The summed E-state index contributed by atoms with van der Waals surface area (Å²) < 4.78 is 11.0. The summed E-state index contributed by atoms with van der Waals surface area (Å²) in [5, 5.41) is 13.9. The van der Waals surface area contributed by atoms with Crippen molar-refractivity contribution in [3.05, 3.63) is 53.1 Å². The molecule has 0 bridgehead atoms. The fraction of sp³-hybridized carbons (Fsp3) is 0.238. The van der Waals surface area contributed by atoms with Gasteiger partial charge in [-0.3, -0.25) is 14.9 Å². The molecular formula is C21H22N4O4S2. The predicted octanol–water partition coefficient (Wildman–Crippen LogP) is 4.16. The highest BCUT2D eigenvalue weighted by Gasteiger charge is 2.14. The minimum Gasteiger partial charge on any atom is -0.497 e. The highest BCUT2D eigenvalue weighted by Crippen LogP contribution is 2.30. The number of aromatic nitrogens is 2. The number of rotatable bonds is 8. The first-order chi connectivity index (χ1) is 14.9. The zero-order valence-corrected chi connectivity index (χ0v) is 19.1. The van der Waals surface area contributed by atoms with Gasteiger partial charge in [-0.2, -0.15) is 0 Å². The molecule has 0 unspecified atom stereocenters. The number of aryl methyl sites for hydroxylation is 2. The van der Waals surface area contributed by atoms with Crippen molar-refractivity contribution in [1.29, 1.82) is 0 Å². The number of carbonyl (C=O) groups is 2. The third-order valence-corrected chi connectivity index (χ3v) is 6.38. The number of methoxy groups -OCH3 is 2. The number of hydrogen-bond donors (Lipinski definition) is 2. The zero-order chi connectivity index (χ0) is 22.4. The molecular weight excluding hydrogens is 436 g/mol. The molecule has 3 rings (SSSR count). The van der Waals surface area contributed by atoms with E-state index in [4.69, 9.17) is 9.47 Å². The van der Waals surface area contributed by atoms with Crippen LogP contribution in [-0.2, 0) is 4.79 Å². The van der Waals surface area contributed by atoms with Gasteiger partial charge in [-0.05, 0) is 49.2 Å². The van der Waals surface area contributed by atoms with E-state index in [-0.39, 0.29) is 17.6 Å². The Morgan fingerprint density at radius 3 is 2.52 bits per heavy atom. The van der Waals surface area contributed by atoms with Crippen LogP contribution in [0, 0.1) is 13.8 Å². The van der Waals surface area contributed by atoms with Crippen molar-refractivity contribution in [2.24, 2.45) is 0 Å². The lowest BCUT2D eigenvalue weighted by atomic mass is 10.1. The summed E-state index contributed by atoms with van der Waals surface area (Å²) in [6, 6.07) is 10.7. The molecule has 1 aromatic heterocycles. The second-order valence-electron chi connectivity index (χ2n) is 6.53. The molecule has 0 fully saturated rings. The summed E-state index contributed by atoms with van der Waals surface area (Å²) >= 11 is 2.44. The zero-order valence-electron chi connectivity index (χ0n) is 17.5. The average Bonchev–Trinajstić information content (AvgIpc) is 3.21. The maximum Gasteiger partial charge on any atom is 0.257 e. The van der Waals surface area contributed by atoms with Crippen LogP contribution in [0.4, 0.5) is 10.8 Å². The van der Waals surface area contributed by atoms with E-state index in [1.807, 2.05) is 26.0 Å². The molecule has 2 N–H and O–H groups in total. The minimum atomic E-state index is -0.251. The van der Waals surface area contributed by atoms with E-state index >= 15 is 0 Å². The van der Waals surface area contributed by atoms with Crippen LogP contribution in [0.15, 0.2) is 40.7 Å². The maximum absolute atomic E-state index is 12.4. The number of carbonyl (C=O) groups excluding carboxylic acids is 2. The first kappa shape index (κ1) is 22.6. The number of nitrogens with zero attached hydrogens (tertiary/aromatic N) is 2.